The second-order valence-corrected chi connectivity index (χ2v) is 12.4. The fourth-order valence-corrected chi connectivity index (χ4v) is 5.82. The summed E-state index contributed by atoms with van der Waals surface area (Å²) in [5.41, 5.74) is 7.93. The van der Waals surface area contributed by atoms with Gasteiger partial charge in [-0.1, -0.05) is 75.2 Å². The van der Waals surface area contributed by atoms with Crippen molar-refractivity contribution in [2.75, 3.05) is 14.2 Å². The minimum absolute atomic E-state index is 0. The first-order chi connectivity index (χ1) is 21.8. The van der Waals surface area contributed by atoms with Crippen molar-refractivity contribution in [2.45, 2.75) is 47.0 Å². The van der Waals surface area contributed by atoms with Gasteiger partial charge in [-0.05, 0) is 60.1 Å². The first kappa shape index (κ1) is 43.0. The Morgan fingerprint density at radius 2 is 0.896 bits per heavy atom. The van der Waals surface area contributed by atoms with Crippen LogP contribution in [0.25, 0.3) is 43.8 Å². The summed E-state index contributed by atoms with van der Waals surface area (Å²) in [4.78, 5) is 0. The molecule has 0 fully saturated rings. The zero-order chi connectivity index (χ0) is 32.3. The SMILES string of the molecule is COc1ccc(-c2cccc3[cH-]c(CC(C)C)cc23)cc1.COc1ccc(-c2cccc3[cH-]c(CC(C)C)cc23)cc1.[CH2-]C[CH2-].[Cl-].[Cl-].[Ti+2]. The molecule has 0 amide bonds. The van der Waals surface area contributed by atoms with E-state index >= 15 is 0 Å². The van der Waals surface area contributed by atoms with Gasteiger partial charge in [0.25, 0.3) is 0 Å². The van der Waals surface area contributed by atoms with Crippen LogP contribution in [-0.4, -0.2) is 14.2 Å². The molecule has 5 heteroatoms. The molecule has 0 aliphatic carbocycles. The number of halogens is 2. The van der Waals surface area contributed by atoms with Gasteiger partial charge in [0.15, 0.2) is 0 Å². The van der Waals surface area contributed by atoms with Crippen LogP contribution in [0, 0.1) is 25.7 Å². The number of hydrogen-bond acceptors (Lipinski definition) is 2. The standard InChI is InChI=1S/2C20H21O.C3H6.2ClH.Ti/c2*1-14(2)11-15-12-17-5-4-6-19(20(17)13-15)16-7-9-18(21-3)10-8-16;1-3-2;;;/h2*4-10,12-14H,11H2,1-3H3;1-3H2;2*1H;/q2*-1;-2;;;+2/p-2. The van der Waals surface area contributed by atoms with Crippen molar-refractivity contribution in [3.63, 3.8) is 0 Å². The number of hydrogen-bond donors (Lipinski definition) is 0. The molecule has 48 heavy (non-hydrogen) atoms. The first-order valence-electron chi connectivity index (χ1n) is 16.0. The molecule has 0 saturated heterocycles. The molecule has 254 valence electrons. The van der Waals surface area contributed by atoms with E-state index in [1.54, 1.807) is 14.2 Å². The molecule has 6 rings (SSSR count). The number of rotatable bonds is 8. The van der Waals surface area contributed by atoms with Gasteiger partial charge >= 0.3 is 21.7 Å². The minimum Gasteiger partial charge on any atom is -1.00 e. The number of methoxy groups -OCH3 is 2. The minimum atomic E-state index is 0. The van der Waals surface area contributed by atoms with Crippen LogP contribution in [0.1, 0.15) is 45.2 Å². The fraction of sp³-hybridized carbons (Fsp3) is 0.256. The molecule has 0 radical (unpaired) electrons. The van der Waals surface area contributed by atoms with Gasteiger partial charge in [0.05, 0.1) is 14.2 Å². The van der Waals surface area contributed by atoms with Crippen molar-refractivity contribution in [3.8, 4) is 33.8 Å². The molecule has 0 aliphatic heterocycles. The molecule has 0 aromatic heterocycles. The van der Waals surface area contributed by atoms with E-state index in [-0.39, 0.29) is 46.5 Å². The van der Waals surface area contributed by atoms with Crippen molar-refractivity contribution in [1.82, 2.24) is 0 Å². The first-order valence-corrected chi connectivity index (χ1v) is 16.0. The van der Waals surface area contributed by atoms with E-state index in [9.17, 15) is 0 Å². The second-order valence-electron chi connectivity index (χ2n) is 12.4. The molecular formula is C43H48Cl2O2Ti-4. The molecule has 0 spiro atoms. The van der Waals surface area contributed by atoms with Crippen LogP contribution >= 0.6 is 0 Å². The van der Waals surface area contributed by atoms with E-state index in [0.29, 0.717) is 11.8 Å². The van der Waals surface area contributed by atoms with Gasteiger partial charge < -0.3 is 54.6 Å². The van der Waals surface area contributed by atoms with Crippen LogP contribution in [0.15, 0.2) is 109 Å². The van der Waals surface area contributed by atoms with Crippen molar-refractivity contribution in [1.29, 1.82) is 0 Å². The molecule has 6 aromatic carbocycles. The topological polar surface area (TPSA) is 18.5 Å². The monoisotopic (exact) mass is 714 g/mol. The van der Waals surface area contributed by atoms with Gasteiger partial charge in [0.2, 0.25) is 0 Å². The van der Waals surface area contributed by atoms with Crippen LogP contribution in [-0.2, 0) is 34.6 Å². The Hall–Kier alpha value is -3.01. The van der Waals surface area contributed by atoms with E-state index < -0.39 is 0 Å². The quantitative estimate of drug-likeness (QED) is 0.144. The summed E-state index contributed by atoms with van der Waals surface area (Å²) in [7, 11) is 3.40. The van der Waals surface area contributed by atoms with Gasteiger partial charge in [-0.15, -0.1) is 69.1 Å². The normalized spacial score (nSPS) is 10.2. The third-order valence-electron chi connectivity index (χ3n) is 7.71. The molecule has 0 bridgehead atoms. The van der Waals surface area contributed by atoms with E-state index in [1.165, 1.54) is 54.9 Å². The van der Waals surface area contributed by atoms with Crippen LogP contribution in [0.4, 0.5) is 0 Å². The Bertz CT molecular complexity index is 1630. The van der Waals surface area contributed by atoms with Crippen LogP contribution in [0.2, 0.25) is 0 Å². The van der Waals surface area contributed by atoms with Crippen LogP contribution in [0.3, 0.4) is 0 Å². The molecule has 2 nitrogen and oxygen atoms in total. The van der Waals surface area contributed by atoms with Gasteiger partial charge in [-0.3, -0.25) is 0 Å². The van der Waals surface area contributed by atoms with Crippen LogP contribution < -0.4 is 34.3 Å². The zero-order valence-electron chi connectivity index (χ0n) is 29.2. The Kier molecular flexibility index (Phi) is 19.0. The average molecular weight is 716 g/mol. The summed E-state index contributed by atoms with van der Waals surface area (Å²) < 4.78 is 10.5. The summed E-state index contributed by atoms with van der Waals surface area (Å²) in [6, 6.07) is 39.0. The maximum atomic E-state index is 5.24. The van der Waals surface area contributed by atoms with Crippen molar-refractivity contribution < 1.29 is 56.0 Å². The molecule has 0 atom stereocenters. The van der Waals surface area contributed by atoms with Gasteiger partial charge in [0, 0.05) is 0 Å². The second kappa shape index (κ2) is 21.2. The Morgan fingerprint density at radius 1 is 0.562 bits per heavy atom. The third kappa shape index (κ3) is 11.6. The molecule has 0 aliphatic rings. The predicted octanol–water partition coefficient (Wildman–Crippen LogP) is 5.92. The summed E-state index contributed by atoms with van der Waals surface area (Å²) in [6.07, 6.45) is 3.02. The average Bonchev–Trinajstić information content (AvgIpc) is 3.64. The summed E-state index contributed by atoms with van der Waals surface area (Å²) in [5.74, 6) is 3.17. The maximum Gasteiger partial charge on any atom is 2.00 e. The molecule has 0 unspecified atom stereocenters. The summed E-state index contributed by atoms with van der Waals surface area (Å²) in [6.45, 7) is 15.8. The largest absolute Gasteiger partial charge is 2.00 e. The number of benzene rings is 4. The Balaban J connectivity index is 0.000000420. The fourth-order valence-electron chi connectivity index (χ4n) is 5.82. The summed E-state index contributed by atoms with van der Waals surface area (Å²) >= 11 is 0. The van der Waals surface area contributed by atoms with E-state index in [4.69, 9.17) is 9.47 Å². The Morgan fingerprint density at radius 3 is 1.19 bits per heavy atom. The maximum absolute atomic E-state index is 5.24. The van der Waals surface area contributed by atoms with Crippen LogP contribution in [0.5, 0.6) is 11.5 Å². The number of ether oxygens (including phenoxy) is 2. The molecular weight excluding hydrogens is 667 g/mol. The smallest absolute Gasteiger partial charge is 1.00 e. The van der Waals surface area contributed by atoms with E-state index in [0.717, 1.165) is 30.8 Å². The third-order valence-corrected chi connectivity index (χ3v) is 7.71. The zero-order valence-corrected chi connectivity index (χ0v) is 32.2. The van der Waals surface area contributed by atoms with Crippen molar-refractivity contribution >= 4 is 21.5 Å². The molecule has 0 saturated carbocycles. The predicted molar refractivity (Wildman–Crippen MR) is 195 cm³/mol. The van der Waals surface area contributed by atoms with Crippen molar-refractivity contribution in [3.05, 3.63) is 134 Å². The Labute approximate surface area is 316 Å². The van der Waals surface area contributed by atoms with Crippen molar-refractivity contribution in [2.24, 2.45) is 11.8 Å². The van der Waals surface area contributed by atoms with Gasteiger partial charge in [0.1, 0.15) is 11.5 Å². The molecule has 0 heterocycles. The van der Waals surface area contributed by atoms with Gasteiger partial charge in [-0.25, -0.2) is 0 Å². The molecule has 6 aromatic rings. The van der Waals surface area contributed by atoms with Gasteiger partial charge in [-0.2, -0.15) is 12.1 Å². The summed E-state index contributed by atoms with van der Waals surface area (Å²) in [5, 5.41) is 5.36. The molecule has 0 N–H and O–H groups in total. The van der Waals surface area contributed by atoms with E-state index in [2.05, 4.69) is 126 Å². The number of fused-ring (bicyclic) bond motifs is 2. The van der Waals surface area contributed by atoms with E-state index in [1.807, 2.05) is 24.3 Å².